The van der Waals surface area contributed by atoms with Crippen LogP contribution in [0.25, 0.3) is 0 Å². The average Bonchev–Trinajstić information content (AvgIpc) is 2.29. The third-order valence-electron chi connectivity index (χ3n) is 2.42. The second kappa shape index (κ2) is 6.49. The van der Waals surface area contributed by atoms with Crippen LogP contribution in [-0.2, 0) is 4.79 Å². The van der Waals surface area contributed by atoms with Gasteiger partial charge in [0.2, 0.25) is 5.91 Å². The van der Waals surface area contributed by atoms with Gasteiger partial charge in [0.25, 0.3) is 0 Å². The molecule has 0 atom stereocenters. The van der Waals surface area contributed by atoms with Gasteiger partial charge in [-0.3, -0.25) is 4.79 Å². The largest absolute Gasteiger partial charge is 0.399 e. The van der Waals surface area contributed by atoms with E-state index in [0.717, 1.165) is 0 Å². The Balaban J connectivity index is 2.58. The van der Waals surface area contributed by atoms with Gasteiger partial charge in [-0.05, 0) is 32.0 Å². The van der Waals surface area contributed by atoms with Gasteiger partial charge in [0.05, 0.1) is 5.75 Å². The van der Waals surface area contributed by atoms with Crippen molar-refractivity contribution in [3.8, 4) is 0 Å². The lowest BCUT2D eigenvalue weighted by Crippen LogP contribution is -2.31. The van der Waals surface area contributed by atoms with Crippen molar-refractivity contribution in [2.75, 3.05) is 24.6 Å². The molecule has 3 nitrogen and oxygen atoms in total. The highest BCUT2D eigenvalue weighted by molar-refractivity contribution is 8.00. The Morgan fingerprint density at radius 3 is 2.59 bits per heavy atom. The van der Waals surface area contributed by atoms with Gasteiger partial charge in [0.15, 0.2) is 0 Å². The van der Waals surface area contributed by atoms with Gasteiger partial charge in [-0.1, -0.05) is 0 Å². The molecule has 0 aliphatic carbocycles. The Labute approximate surface area is 105 Å². The summed E-state index contributed by atoms with van der Waals surface area (Å²) in [4.78, 5) is 13.9. The first-order chi connectivity index (χ1) is 8.08. The highest BCUT2D eigenvalue weighted by Gasteiger charge is 2.11. The monoisotopic (exact) mass is 256 g/mol. The van der Waals surface area contributed by atoms with Crippen LogP contribution in [-0.4, -0.2) is 29.6 Å². The molecule has 0 unspecified atom stereocenters. The summed E-state index contributed by atoms with van der Waals surface area (Å²) in [7, 11) is 0. The SMILES string of the molecule is CCN(CC)C(=O)CSc1ccc(N)cc1F. The summed E-state index contributed by atoms with van der Waals surface area (Å²) < 4.78 is 13.4. The van der Waals surface area contributed by atoms with E-state index in [9.17, 15) is 9.18 Å². The van der Waals surface area contributed by atoms with Gasteiger partial charge in [0, 0.05) is 23.7 Å². The molecule has 0 aliphatic rings. The lowest BCUT2D eigenvalue weighted by atomic mass is 10.3. The summed E-state index contributed by atoms with van der Waals surface area (Å²) in [5, 5.41) is 0. The van der Waals surface area contributed by atoms with Crippen molar-refractivity contribution in [2.24, 2.45) is 0 Å². The Hall–Kier alpha value is -1.23. The second-order valence-corrected chi connectivity index (χ2v) is 4.56. The smallest absolute Gasteiger partial charge is 0.232 e. The van der Waals surface area contributed by atoms with E-state index in [0.29, 0.717) is 23.7 Å². The number of carbonyl (C=O) groups is 1. The van der Waals surface area contributed by atoms with Crippen molar-refractivity contribution in [2.45, 2.75) is 18.7 Å². The molecule has 17 heavy (non-hydrogen) atoms. The van der Waals surface area contributed by atoms with E-state index in [1.807, 2.05) is 13.8 Å². The highest BCUT2D eigenvalue weighted by Crippen LogP contribution is 2.23. The molecular formula is C12H17FN2OS. The maximum absolute atomic E-state index is 13.4. The number of benzene rings is 1. The molecule has 1 amide bonds. The summed E-state index contributed by atoms with van der Waals surface area (Å²) in [6, 6.07) is 4.50. The number of nitrogens with zero attached hydrogens (tertiary/aromatic N) is 1. The van der Waals surface area contributed by atoms with Crippen molar-refractivity contribution in [3.63, 3.8) is 0 Å². The molecule has 5 heteroatoms. The standard InChI is InChI=1S/C12H17FN2OS/c1-3-15(4-2)12(16)8-17-11-6-5-9(14)7-10(11)13/h5-7H,3-4,8,14H2,1-2H3. The van der Waals surface area contributed by atoms with Crippen LogP contribution in [0.1, 0.15) is 13.8 Å². The zero-order chi connectivity index (χ0) is 12.8. The van der Waals surface area contributed by atoms with Gasteiger partial charge < -0.3 is 10.6 Å². The number of carbonyl (C=O) groups excluding carboxylic acids is 1. The van der Waals surface area contributed by atoms with E-state index in [1.54, 1.807) is 17.0 Å². The zero-order valence-electron chi connectivity index (χ0n) is 10.1. The maximum atomic E-state index is 13.4. The number of hydrogen-bond donors (Lipinski definition) is 1. The summed E-state index contributed by atoms with van der Waals surface area (Å²) in [5.41, 5.74) is 5.84. The number of nitrogens with two attached hydrogens (primary N) is 1. The molecule has 0 heterocycles. The fourth-order valence-corrected chi connectivity index (χ4v) is 2.26. The van der Waals surface area contributed by atoms with Crippen molar-refractivity contribution < 1.29 is 9.18 Å². The fourth-order valence-electron chi connectivity index (χ4n) is 1.44. The minimum Gasteiger partial charge on any atom is -0.399 e. The molecule has 1 aromatic rings. The molecule has 1 aromatic carbocycles. The van der Waals surface area contributed by atoms with Crippen LogP contribution in [0, 0.1) is 5.82 Å². The number of amides is 1. The van der Waals surface area contributed by atoms with E-state index in [-0.39, 0.29) is 17.5 Å². The van der Waals surface area contributed by atoms with Crippen molar-refractivity contribution in [1.82, 2.24) is 4.90 Å². The molecule has 1 rings (SSSR count). The minimum absolute atomic E-state index is 0.0243. The van der Waals surface area contributed by atoms with Crippen LogP contribution in [0.4, 0.5) is 10.1 Å². The Morgan fingerprint density at radius 2 is 2.06 bits per heavy atom. The minimum atomic E-state index is -0.373. The Bertz CT molecular complexity index is 394. The summed E-state index contributed by atoms with van der Waals surface area (Å²) >= 11 is 1.20. The fraction of sp³-hybridized carbons (Fsp3) is 0.417. The average molecular weight is 256 g/mol. The van der Waals surface area contributed by atoms with Crippen LogP contribution in [0.2, 0.25) is 0 Å². The molecule has 0 radical (unpaired) electrons. The first-order valence-electron chi connectivity index (χ1n) is 5.54. The lowest BCUT2D eigenvalue weighted by molar-refractivity contribution is -0.127. The van der Waals surface area contributed by atoms with Crippen molar-refractivity contribution in [3.05, 3.63) is 24.0 Å². The number of thioether (sulfide) groups is 1. The first kappa shape index (κ1) is 13.8. The summed E-state index contributed by atoms with van der Waals surface area (Å²) in [6.07, 6.45) is 0. The highest BCUT2D eigenvalue weighted by atomic mass is 32.2. The molecule has 0 saturated heterocycles. The lowest BCUT2D eigenvalue weighted by Gasteiger charge is -2.18. The topological polar surface area (TPSA) is 46.3 Å². The summed E-state index contributed by atoms with van der Waals surface area (Å²) in [6.45, 7) is 5.21. The van der Waals surface area contributed by atoms with Crippen LogP contribution in [0.5, 0.6) is 0 Å². The second-order valence-electron chi connectivity index (χ2n) is 3.54. The van der Waals surface area contributed by atoms with E-state index in [1.165, 1.54) is 17.8 Å². The molecule has 0 saturated carbocycles. The normalized spacial score (nSPS) is 10.3. The van der Waals surface area contributed by atoms with E-state index < -0.39 is 0 Å². The van der Waals surface area contributed by atoms with Crippen molar-refractivity contribution in [1.29, 1.82) is 0 Å². The third-order valence-corrected chi connectivity index (χ3v) is 3.46. The number of halogens is 1. The van der Waals surface area contributed by atoms with E-state index in [2.05, 4.69) is 0 Å². The third kappa shape index (κ3) is 3.93. The molecule has 0 aliphatic heterocycles. The van der Waals surface area contributed by atoms with E-state index in [4.69, 9.17) is 5.73 Å². The molecule has 0 aromatic heterocycles. The Morgan fingerprint density at radius 1 is 1.41 bits per heavy atom. The van der Waals surface area contributed by atoms with Crippen LogP contribution in [0.15, 0.2) is 23.1 Å². The summed E-state index contributed by atoms with van der Waals surface area (Å²) in [5.74, 6) is -0.0960. The zero-order valence-corrected chi connectivity index (χ0v) is 10.9. The molecule has 0 fully saturated rings. The predicted octanol–water partition coefficient (Wildman–Crippen LogP) is 2.37. The molecule has 2 N–H and O–H groups in total. The maximum Gasteiger partial charge on any atom is 0.232 e. The quantitative estimate of drug-likeness (QED) is 0.650. The number of rotatable bonds is 5. The molecule has 0 spiro atoms. The van der Waals surface area contributed by atoms with Crippen LogP contribution in [0.3, 0.4) is 0 Å². The molecular weight excluding hydrogens is 239 g/mol. The number of nitrogen functional groups attached to an aromatic ring is 1. The van der Waals surface area contributed by atoms with Crippen molar-refractivity contribution >= 4 is 23.4 Å². The van der Waals surface area contributed by atoms with Gasteiger partial charge in [-0.2, -0.15) is 0 Å². The van der Waals surface area contributed by atoms with Crippen LogP contribution < -0.4 is 5.73 Å². The first-order valence-corrected chi connectivity index (χ1v) is 6.52. The number of anilines is 1. The van der Waals surface area contributed by atoms with Crippen LogP contribution >= 0.6 is 11.8 Å². The van der Waals surface area contributed by atoms with Gasteiger partial charge in [-0.15, -0.1) is 11.8 Å². The van der Waals surface area contributed by atoms with E-state index >= 15 is 0 Å². The van der Waals surface area contributed by atoms with Gasteiger partial charge in [0.1, 0.15) is 5.82 Å². The molecule has 0 bridgehead atoms. The predicted molar refractivity (Wildman–Crippen MR) is 69.5 cm³/mol. The number of hydrogen-bond acceptors (Lipinski definition) is 3. The van der Waals surface area contributed by atoms with Gasteiger partial charge in [-0.25, -0.2) is 4.39 Å². The Kier molecular flexibility index (Phi) is 5.28. The van der Waals surface area contributed by atoms with Gasteiger partial charge >= 0.3 is 0 Å². The molecule has 94 valence electrons.